The molecule has 0 N–H and O–H groups in total. The highest BCUT2D eigenvalue weighted by Gasteiger charge is 2.08. The van der Waals surface area contributed by atoms with E-state index >= 15 is 0 Å². The zero-order chi connectivity index (χ0) is 19.1. The number of hydrogen-bond donors (Lipinski definition) is 0. The van der Waals surface area contributed by atoms with Crippen LogP contribution < -0.4 is 10.4 Å². The standard InChI is InChI=1S/C25H33N/c1-7-15-26(16-8-2)25(10-4)23-14-13-22(18-21(23)9-3)24-17-19(5)11-12-20(24)6/h9-14,17-18H,4,7-8,15-16H2,1-3,5-6H3/b21-9-,25-23+. The Balaban J connectivity index is 2.68. The summed E-state index contributed by atoms with van der Waals surface area (Å²) in [5.74, 6) is 0. The minimum Gasteiger partial charge on any atom is -0.371 e. The predicted molar refractivity (Wildman–Crippen MR) is 117 cm³/mol. The summed E-state index contributed by atoms with van der Waals surface area (Å²) in [6.07, 6.45) is 6.51. The fourth-order valence-electron chi connectivity index (χ4n) is 3.55. The van der Waals surface area contributed by atoms with Crippen LogP contribution in [0.2, 0.25) is 0 Å². The van der Waals surface area contributed by atoms with Crippen LogP contribution in [-0.2, 0) is 0 Å². The van der Waals surface area contributed by atoms with Crippen molar-refractivity contribution in [2.24, 2.45) is 0 Å². The van der Waals surface area contributed by atoms with Crippen molar-refractivity contribution in [3.05, 3.63) is 70.6 Å². The first-order valence-electron chi connectivity index (χ1n) is 9.81. The van der Waals surface area contributed by atoms with Crippen LogP contribution in [0.1, 0.15) is 44.7 Å². The lowest BCUT2D eigenvalue weighted by atomic mass is 9.97. The number of benzene rings is 2. The third-order valence-electron chi connectivity index (χ3n) is 4.86. The third-order valence-corrected chi connectivity index (χ3v) is 4.86. The highest BCUT2D eigenvalue weighted by molar-refractivity contribution is 5.69. The Labute approximate surface area is 159 Å². The maximum atomic E-state index is 4.11. The van der Waals surface area contributed by atoms with Crippen LogP contribution in [0.5, 0.6) is 0 Å². The van der Waals surface area contributed by atoms with Gasteiger partial charge in [-0.15, -0.1) is 0 Å². The van der Waals surface area contributed by atoms with Crippen molar-refractivity contribution in [1.29, 1.82) is 0 Å². The van der Waals surface area contributed by atoms with Gasteiger partial charge in [0.25, 0.3) is 0 Å². The van der Waals surface area contributed by atoms with Gasteiger partial charge in [-0.25, -0.2) is 0 Å². The third kappa shape index (κ3) is 4.46. The van der Waals surface area contributed by atoms with E-state index in [0.717, 1.165) is 25.9 Å². The van der Waals surface area contributed by atoms with E-state index in [4.69, 9.17) is 0 Å². The molecule has 0 unspecified atom stereocenters. The minimum atomic E-state index is 1.07. The molecule has 0 radical (unpaired) electrons. The summed E-state index contributed by atoms with van der Waals surface area (Å²) in [5, 5.41) is 2.55. The van der Waals surface area contributed by atoms with Crippen molar-refractivity contribution in [2.45, 2.75) is 47.5 Å². The number of nitrogens with zero attached hydrogens (tertiary/aromatic N) is 1. The maximum absolute atomic E-state index is 4.11. The molecule has 0 aliphatic rings. The van der Waals surface area contributed by atoms with Crippen molar-refractivity contribution in [2.75, 3.05) is 13.1 Å². The molecule has 0 heterocycles. The quantitative estimate of drug-likeness (QED) is 0.666. The molecule has 0 aliphatic heterocycles. The smallest absolute Gasteiger partial charge is 0.0439 e. The van der Waals surface area contributed by atoms with Gasteiger partial charge >= 0.3 is 0 Å². The molecule has 0 amide bonds. The summed E-state index contributed by atoms with van der Waals surface area (Å²) in [6, 6.07) is 13.5. The van der Waals surface area contributed by atoms with Gasteiger partial charge < -0.3 is 4.90 Å². The van der Waals surface area contributed by atoms with E-state index in [2.05, 4.69) is 88.6 Å². The molecule has 2 aromatic rings. The van der Waals surface area contributed by atoms with Crippen LogP contribution in [-0.4, -0.2) is 18.0 Å². The minimum absolute atomic E-state index is 1.07. The summed E-state index contributed by atoms with van der Waals surface area (Å²) in [4.78, 5) is 2.47. The zero-order valence-corrected chi connectivity index (χ0v) is 17.1. The first-order chi connectivity index (χ1) is 12.5. The second-order valence-electron chi connectivity index (χ2n) is 6.99. The van der Waals surface area contributed by atoms with E-state index in [-0.39, 0.29) is 0 Å². The Morgan fingerprint density at radius 3 is 2.27 bits per heavy atom. The average Bonchev–Trinajstić information content (AvgIpc) is 2.65. The van der Waals surface area contributed by atoms with E-state index in [1.165, 1.54) is 38.4 Å². The van der Waals surface area contributed by atoms with Gasteiger partial charge in [-0.2, -0.15) is 0 Å². The summed E-state index contributed by atoms with van der Waals surface area (Å²) in [6.45, 7) is 17.2. The molecule has 0 aliphatic carbocycles. The van der Waals surface area contributed by atoms with Crippen molar-refractivity contribution in [1.82, 2.24) is 4.90 Å². The van der Waals surface area contributed by atoms with E-state index < -0.39 is 0 Å². The summed E-state index contributed by atoms with van der Waals surface area (Å²) >= 11 is 0. The largest absolute Gasteiger partial charge is 0.371 e. The van der Waals surface area contributed by atoms with Gasteiger partial charge in [0.15, 0.2) is 0 Å². The van der Waals surface area contributed by atoms with Crippen molar-refractivity contribution < 1.29 is 0 Å². The molecule has 0 bridgehead atoms. The highest BCUT2D eigenvalue weighted by Crippen LogP contribution is 2.23. The van der Waals surface area contributed by atoms with Crippen LogP contribution in [0.4, 0.5) is 0 Å². The number of hydrogen-bond acceptors (Lipinski definition) is 1. The first-order valence-corrected chi connectivity index (χ1v) is 9.81. The van der Waals surface area contributed by atoms with Gasteiger partial charge in [0.1, 0.15) is 0 Å². The Hall–Kier alpha value is -2.28. The Bertz CT molecular complexity index is 868. The second-order valence-corrected chi connectivity index (χ2v) is 6.99. The predicted octanol–water partition coefficient (Wildman–Crippen LogP) is 5.19. The van der Waals surface area contributed by atoms with Crippen molar-refractivity contribution >= 4 is 11.8 Å². The zero-order valence-electron chi connectivity index (χ0n) is 17.1. The molecule has 138 valence electrons. The highest BCUT2D eigenvalue weighted by atomic mass is 15.1. The molecule has 0 aromatic heterocycles. The lowest BCUT2D eigenvalue weighted by Crippen LogP contribution is -2.34. The normalized spacial score (nSPS) is 12.9. The van der Waals surface area contributed by atoms with E-state index in [9.17, 15) is 0 Å². The van der Waals surface area contributed by atoms with E-state index in [1.54, 1.807) is 0 Å². The van der Waals surface area contributed by atoms with Crippen LogP contribution in [0.25, 0.3) is 22.9 Å². The summed E-state index contributed by atoms with van der Waals surface area (Å²) in [5.41, 5.74) is 6.46. The van der Waals surface area contributed by atoms with E-state index in [0.29, 0.717) is 0 Å². The second kappa shape index (κ2) is 9.43. The lowest BCUT2D eigenvalue weighted by molar-refractivity contribution is 0.396. The Morgan fingerprint density at radius 1 is 1.00 bits per heavy atom. The van der Waals surface area contributed by atoms with E-state index in [1.807, 2.05) is 6.08 Å². The number of aryl methyl sites for hydroxylation is 2. The first kappa shape index (κ1) is 20.0. The molecular weight excluding hydrogens is 314 g/mol. The molecule has 1 nitrogen and oxygen atoms in total. The van der Waals surface area contributed by atoms with Crippen LogP contribution >= 0.6 is 0 Å². The molecular formula is C25H33N. The monoisotopic (exact) mass is 347 g/mol. The van der Waals surface area contributed by atoms with Gasteiger partial charge in [-0.3, -0.25) is 0 Å². The van der Waals surface area contributed by atoms with Gasteiger partial charge in [0.2, 0.25) is 0 Å². The molecule has 1 heteroatoms. The van der Waals surface area contributed by atoms with Gasteiger partial charge in [0, 0.05) is 24.0 Å². The summed E-state index contributed by atoms with van der Waals surface area (Å²) < 4.78 is 0. The van der Waals surface area contributed by atoms with Crippen LogP contribution in [0, 0.1) is 13.8 Å². The average molecular weight is 348 g/mol. The van der Waals surface area contributed by atoms with Gasteiger partial charge in [-0.05, 0) is 67.7 Å². The molecule has 0 spiro atoms. The van der Waals surface area contributed by atoms with Gasteiger partial charge in [-0.1, -0.05) is 62.4 Å². The Kier molecular flexibility index (Phi) is 7.26. The maximum Gasteiger partial charge on any atom is 0.0439 e. The molecule has 2 rings (SSSR count). The fraction of sp³-hybridized carbons (Fsp3) is 0.360. The number of rotatable bonds is 7. The topological polar surface area (TPSA) is 3.24 Å². The fourth-order valence-corrected chi connectivity index (χ4v) is 3.55. The molecule has 2 aromatic carbocycles. The molecule has 0 saturated carbocycles. The molecule has 0 saturated heterocycles. The van der Waals surface area contributed by atoms with Crippen molar-refractivity contribution in [3.8, 4) is 11.1 Å². The molecule has 0 fully saturated rings. The molecule has 26 heavy (non-hydrogen) atoms. The summed E-state index contributed by atoms with van der Waals surface area (Å²) in [7, 11) is 0. The lowest BCUT2D eigenvalue weighted by Gasteiger charge is -2.25. The SMILES string of the molecule is C=C/C(=c1/ccc(-c2cc(C)ccc2C)c/c1=C/C)N(CCC)CCC. The Morgan fingerprint density at radius 2 is 1.69 bits per heavy atom. The van der Waals surface area contributed by atoms with Crippen molar-refractivity contribution in [3.63, 3.8) is 0 Å². The van der Waals surface area contributed by atoms with Crippen LogP contribution in [0.15, 0.2) is 49.1 Å². The van der Waals surface area contributed by atoms with Gasteiger partial charge in [0.05, 0.1) is 0 Å². The molecule has 0 atom stereocenters. The van der Waals surface area contributed by atoms with Crippen LogP contribution in [0.3, 0.4) is 0 Å².